The van der Waals surface area contributed by atoms with E-state index in [1.54, 1.807) is 11.1 Å². The van der Waals surface area contributed by atoms with Crippen molar-refractivity contribution in [1.29, 1.82) is 0 Å². The third-order valence-electron chi connectivity index (χ3n) is 6.50. The maximum absolute atomic E-state index is 6.36. The van der Waals surface area contributed by atoms with Crippen molar-refractivity contribution in [3.05, 3.63) is 35.4 Å². The molecule has 3 atom stereocenters. The molecule has 2 fully saturated rings. The van der Waals surface area contributed by atoms with Crippen LogP contribution in [0.3, 0.4) is 0 Å². The molecule has 114 valence electrons. The Morgan fingerprint density at radius 2 is 1.90 bits per heavy atom. The Bertz CT molecular complexity index is 512. The number of nitrogens with two attached hydrogens (primary N) is 1. The van der Waals surface area contributed by atoms with Crippen LogP contribution in [0.2, 0.25) is 0 Å². The summed E-state index contributed by atoms with van der Waals surface area (Å²) in [6, 6.07) is 9.84. The van der Waals surface area contributed by atoms with E-state index in [1.165, 1.54) is 57.9 Å². The molecule has 0 bridgehead atoms. The van der Waals surface area contributed by atoms with Gasteiger partial charge in [-0.3, -0.25) is 4.90 Å². The molecule has 1 saturated heterocycles. The van der Waals surface area contributed by atoms with Crippen molar-refractivity contribution >= 4 is 0 Å². The SMILES string of the molecule is NCC1(N2CCC3CCCCC32)CCc2ccccc2C1. The van der Waals surface area contributed by atoms with Gasteiger partial charge in [0.2, 0.25) is 0 Å². The molecule has 3 aliphatic rings. The number of aryl methyl sites for hydroxylation is 1. The maximum atomic E-state index is 6.36. The molecule has 0 amide bonds. The first-order valence-electron chi connectivity index (χ1n) is 8.86. The van der Waals surface area contributed by atoms with Gasteiger partial charge in [0.15, 0.2) is 0 Å². The van der Waals surface area contributed by atoms with Crippen molar-refractivity contribution in [2.45, 2.75) is 62.9 Å². The minimum atomic E-state index is 0.241. The Morgan fingerprint density at radius 3 is 2.76 bits per heavy atom. The molecule has 2 nitrogen and oxygen atoms in total. The van der Waals surface area contributed by atoms with Crippen LogP contribution < -0.4 is 5.73 Å². The van der Waals surface area contributed by atoms with Crippen LogP contribution in [0.1, 0.15) is 49.7 Å². The molecule has 4 rings (SSSR count). The number of fused-ring (bicyclic) bond motifs is 2. The fourth-order valence-electron chi connectivity index (χ4n) is 5.32. The number of hydrogen-bond donors (Lipinski definition) is 1. The van der Waals surface area contributed by atoms with E-state index in [-0.39, 0.29) is 5.54 Å². The summed E-state index contributed by atoms with van der Waals surface area (Å²) in [5.74, 6) is 0.958. The van der Waals surface area contributed by atoms with Crippen LogP contribution in [0.5, 0.6) is 0 Å². The average Bonchev–Trinajstić information content (AvgIpc) is 2.99. The first-order valence-corrected chi connectivity index (χ1v) is 8.86. The van der Waals surface area contributed by atoms with Gasteiger partial charge in [0, 0.05) is 18.1 Å². The molecule has 1 saturated carbocycles. The Morgan fingerprint density at radius 1 is 1.10 bits per heavy atom. The van der Waals surface area contributed by atoms with Crippen LogP contribution in [-0.4, -0.2) is 29.6 Å². The lowest BCUT2D eigenvalue weighted by molar-refractivity contribution is 0.0434. The van der Waals surface area contributed by atoms with E-state index in [4.69, 9.17) is 5.73 Å². The van der Waals surface area contributed by atoms with Crippen molar-refractivity contribution in [3.8, 4) is 0 Å². The Kier molecular flexibility index (Phi) is 3.55. The van der Waals surface area contributed by atoms with Gasteiger partial charge < -0.3 is 5.73 Å². The lowest BCUT2D eigenvalue weighted by atomic mass is 9.75. The maximum Gasteiger partial charge on any atom is 0.0378 e. The predicted molar refractivity (Wildman–Crippen MR) is 87.3 cm³/mol. The number of nitrogens with zero attached hydrogens (tertiary/aromatic N) is 1. The Hall–Kier alpha value is -0.860. The molecule has 0 spiro atoms. The van der Waals surface area contributed by atoms with Crippen molar-refractivity contribution in [1.82, 2.24) is 4.90 Å². The van der Waals surface area contributed by atoms with Gasteiger partial charge in [-0.15, -0.1) is 0 Å². The molecule has 2 N–H and O–H groups in total. The topological polar surface area (TPSA) is 29.3 Å². The minimum Gasteiger partial charge on any atom is -0.329 e. The van der Waals surface area contributed by atoms with Gasteiger partial charge in [0.1, 0.15) is 0 Å². The van der Waals surface area contributed by atoms with Crippen molar-refractivity contribution in [2.24, 2.45) is 11.7 Å². The van der Waals surface area contributed by atoms with Crippen LogP contribution in [-0.2, 0) is 12.8 Å². The highest BCUT2D eigenvalue weighted by Crippen LogP contribution is 2.43. The fraction of sp³-hybridized carbons (Fsp3) is 0.684. The van der Waals surface area contributed by atoms with Crippen molar-refractivity contribution < 1.29 is 0 Å². The van der Waals surface area contributed by atoms with Crippen molar-refractivity contribution in [2.75, 3.05) is 13.1 Å². The van der Waals surface area contributed by atoms with Gasteiger partial charge in [-0.1, -0.05) is 37.1 Å². The number of hydrogen-bond acceptors (Lipinski definition) is 2. The number of rotatable bonds is 2. The molecule has 1 aromatic rings. The van der Waals surface area contributed by atoms with Crippen LogP contribution in [0.25, 0.3) is 0 Å². The molecule has 0 radical (unpaired) electrons. The van der Waals surface area contributed by atoms with Crippen molar-refractivity contribution in [3.63, 3.8) is 0 Å². The highest BCUT2D eigenvalue weighted by Gasteiger charge is 2.47. The second kappa shape index (κ2) is 5.40. The zero-order valence-electron chi connectivity index (χ0n) is 13.1. The lowest BCUT2D eigenvalue weighted by Crippen LogP contribution is -2.59. The normalized spacial score (nSPS) is 36.2. The zero-order valence-corrected chi connectivity index (χ0v) is 13.1. The van der Waals surface area contributed by atoms with E-state index < -0.39 is 0 Å². The van der Waals surface area contributed by atoms with Crippen LogP contribution in [0.4, 0.5) is 0 Å². The molecule has 21 heavy (non-hydrogen) atoms. The second-order valence-electron chi connectivity index (χ2n) is 7.47. The number of likely N-dealkylation sites (tertiary alicyclic amines) is 1. The van der Waals surface area contributed by atoms with Gasteiger partial charge in [-0.2, -0.15) is 0 Å². The summed E-state index contributed by atoms with van der Waals surface area (Å²) >= 11 is 0. The van der Waals surface area contributed by atoms with Gasteiger partial charge >= 0.3 is 0 Å². The summed E-state index contributed by atoms with van der Waals surface area (Å²) in [7, 11) is 0. The minimum absolute atomic E-state index is 0.241. The molecular weight excluding hydrogens is 256 g/mol. The Balaban J connectivity index is 1.63. The van der Waals surface area contributed by atoms with E-state index in [1.807, 2.05) is 0 Å². The van der Waals surface area contributed by atoms with Gasteiger partial charge in [0.05, 0.1) is 0 Å². The van der Waals surface area contributed by atoms with Gasteiger partial charge in [0.25, 0.3) is 0 Å². The third-order valence-corrected chi connectivity index (χ3v) is 6.50. The zero-order chi connectivity index (χ0) is 14.3. The molecule has 2 heteroatoms. The van der Waals surface area contributed by atoms with E-state index in [0.29, 0.717) is 0 Å². The summed E-state index contributed by atoms with van der Waals surface area (Å²) in [6.07, 6.45) is 10.8. The van der Waals surface area contributed by atoms with Crippen LogP contribution >= 0.6 is 0 Å². The van der Waals surface area contributed by atoms with E-state index >= 15 is 0 Å². The molecule has 1 heterocycles. The highest BCUT2D eigenvalue weighted by atomic mass is 15.3. The number of benzene rings is 1. The van der Waals surface area contributed by atoms with Crippen LogP contribution in [0, 0.1) is 5.92 Å². The third kappa shape index (κ3) is 2.24. The molecular formula is C19H28N2. The predicted octanol–water partition coefficient (Wildman–Crippen LogP) is 3.14. The average molecular weight is 284 g/mol. The van der Waals surface area contributed by atoms with E-state index in [9.17, 15) is 0 Å². The highest BCUT2D eigenvalue weighted by molar-refractivity contribution is 5.33. The summed E-state index contributed by atoms with van der Waals surface area (Å²) in [5.41, 5.74) is 9.70. The van der Waals surface area contributed by atoms with Crippen LogP contribution in [0.15, 0.2) is 24.3 Å². The smallest absolute Gasteiger partial charge is 0.0378 e. The summed E-state index contributed by atoms with van der Waals surface area (Å²) in [4.78, 5) is 2.85. The van der Waals surface area contributed by atoms with E-state index in [2.05, 4.69) is 29.2 Å². The molecule has 2 aliphatic carbocycles. The molecule has 1 aromatic carbocycles. The lowest BCUT2D eigenvalue weighted by Gasteiger charge is -2.49. The summed E-state index contributed by atoms with van der Waals surface area (Å²) < 4.78 is 0. The fourth-order valence-corrected chi connectivity index (χ4v) is 5.32. The summed E-state index contributed by atoms with van der Waals surface area (Å²) in [5, 5.41) is 0. The summed E-state index contributed by atoms with van der Waals surface area (Å²) in [6.45, 7) is 2.11. The second-order valence-corrected chi connectivity index (χ2v) is 7.47. The standard InChI is InChI=1S/C19H28N2/c20-14-19(11-9-15-5-1-2-7-17(15)13-19)21-12-10-16-6-3-4-8-18(16)21/h1-2,5,7,16,18H,3-4,6,8-14,20H2. The van der Waals surface area contributed by atoms with E-state index in [0.717, 1.165) is 18.5 Å². The largest absolute Gasteiger partial charge is 0.329 e. The first kappa shape index (κ1) is 13.8. The monoisotopic (exact) mass is 284 g/mol. The Labute approximate surface area is 128 Å². The molecule has 3 unspecified atom stereocenters. The first-order chi connectivity index (χ1) is 10.3. The molecule has 0 aromatic heterocycles. The van der Waals surface area contributed by atoms with Gasteiger partial charge in [-0.05, 0) is 62.1 Å². The molecule has 1 aliphatic heterocycles. The van der Waals surface area contributed by atoms with Gasteiger partial charge in [-0.25, -0.2) is 0 Å². The quantitative estimate of drug-likeness (QED) is 0.904.